The number of alkyl halides is 1. The molecular weight excluding hydrogens is 276 g/mol. The Balaban J connectivity index is 1.93. The lowest BCUT2D eigenvalue weighted by molar-refractivity contribution is -0.0772. The largest absolute Gasteiger partial charge is 0.465 e. The van der Waals surface area contributed by atoms with Gasteiger partial charge in [-0.3, -0.25) is 9.97 Å². The number of ether oxygens (including phenoxy) is 2. The summed E-state index contributed by atoms with van der Waals surface area (Å²) in [5, 5.41) is 0. The highest BCUT2D eigenvalue weighted by molar-refractivity contribution is 6.17. The van der Waals surface area contributed by atoms with Crippen molar-refractivity contribution in [1.82, 2.24) is 9.97 Å². The quantitative estimate of drug-likeness (QED) is 0.604. The van der Waals surface area contributed by atoms with Gasteiger partial charge in [0.1, 0.15) is 5.75 Å². The van der Waals surface area contributed by atoms with Gasteiger partial charge in [-0.15, -0.1) is 11.6 Å². The summed E-state index contributed by atoms with van der Waals surface area (Å²) in [6.45, 7) is 4.20. The molecule has 0 spiro atoms. The van der Waals surface area contributed by atoms with Crippen molar-refractivity contribution in [1.29, 1.82) is 0 Å². The highest BCUT2D eigenvalue weighted by atomic mass is 35.5. The van der Waals surface area contributed by atoms with Crippen molar-refractivity contribution in [3.05, 3.63) is 53.6 Å². The van der Waals surface area contributed by atoms with Crippen molar-refractivity contribution in [2.75, 3.05) is 0 Å². The summed E-state index contributed by atoms with van der Waals surface area (Å²) in [6, 6.07) is 7.52. The molecule has 0 aliphatic rings. The maximum atomic E-state index is 5.82. The maximum absolute atomic E-state index is 5.82. The molecule has 4 nitrogen and oxygen atoms in total. The van der Waals surface area contributed by atoms with Crippen molar-refractivity contribution >= 4 is 11.6 Å². The Morgan fingerprint density at radius 3 is 2.75 bits per heavy atom. The normalized spacial score (nSPS) is 12.2. The third-order valence-corrected chi connectivity index (χ3v) is 3.12. The molecule has 0 saturated carbocycles. The fourth-order valence-electron chi connectivity index (χ4n) is 1.72. The number of nitrogens with zero attached hydrogens (tertiary/aromatic N) is 2. The number of aromatic nitrogens is 2. The summed E-state index contributed by atoms with van der Waals surface area (Å²) in [5.41, 5.74) is 2.63. The zero-order valence-electron chi connectivity index (χ0n) is 11.5. The van der Waals surface area contributed by atoms with Crippen molar-refractivity contribution in [3.63, 3.8) is 0 Å². The Labute approximate surface area is 123 Å². The summed E-state index contributed by atoms with van der Waals surface area (Å²) in [4.78, 5) is 8.39. The first-order valence-electron chi connectivity index (χ1n) is 6.39. The number of pyridine rings is 2. The van der Waals surface area contributed by atoms with Crippen LogP contribution in [0.2, 0.25) is 0 Å². The lowest BCUT2D eigenvalue weighted by Crippen LogP contribution is -2.17. The lowest BCUT2D eigenvalue weighted by Gasteiger charge is -2.17. The molecule has 0 aliphatic carbocycles. The van der Waals surface area contributed by atoms with Crippen LogP contribution in [0.3, 0.4) is 0 Å². The van der Waals surface area contributed by atoms with Gasteiger partial charge in [-0.25, -0.2) is 0 Å². The molecule has 5 heteroatoms. The van der Waals surface area contributed by atoms with E-state index < -0.39 is 0 Å². The molecule has 0 amide bonds. The molecule has 0 fully saturated rings. The van der Waals surface area contributed by atoms with Gasteiger partial charge in [0.15, 0.2) is 6.29 Å². The van der Waals surface area contributed by atoms with Gasteiger partial charge in [-0.05, 0) is 32.0 Å². The van der Waals surface area contributed by atoms with Crippen molar-refractivity contribution in [2.24, 2.45) is 0 Å². The van der Waals surface area contributed by atoms with Gasteiger partial charge in [-0.2, -0.15) is 0 Å². The van der Waals surface area contributed by atoms with Crippen LogP contribution in [0.1, 0.15) is 23.9 Å². The fraction of sp³-hybridized carbons (Fsp3) is 0.333. The van der Waals surface area contributed by atoms with E-state index in [2.05, 4.69) is 9.97 Å². The van der Waals surface area contributed by atoms with Gasteiger partial charge < -0.3 is 9.47 Å². The van der Waals surface area contributed by atoms with Gasteiger partial charge in [0.05, 0.1) is 23.9 Å². The maximum Gasteiger partial charge on any atom is 0.197 e. The van der Waals surface area contributed by atoms with Gasteiger partial charge >= 0.3 is 0 Å². The highest BCUT2D eigenvalue weighted by Gasteiger charge is 2.10. The van der Waals surface area contributed by atoms with Gasteiger partial charge in [0, 0.05) is 18.0 Å². The summed E-state index contributed by atoms with van der Waals surface area (Å²) in [5.74, 6) is 1.11. The monoisotopic (exact) mass is 292 g/mol. The molecule has 0 N–H and O–H groups in total. The van der Waals surface area contributed by atoms with E-state index in [0.717, 1.165) is 22.7 Å². The van der Waals surface area contributed by atoms with Crippen LogP contribution in [0.25, 0.3) is 0 Å². The second-order valence-corrected chi connectivity index (χ2v) is 4.60. The first-order valence-corrected chi connectivity index (χ1v) is 6.92. The molecule has 0 radical (unpaired) electrons. The van der Waals surface area contributed by atoms with E-state index in [9.17, 15) is 0 Å². The minimum Gasteiger partial charge on any atom is -0.465 e. The van der Waals surface area contributed by atoms with E-state index in [-0.39, 0.29) is 6.29 Å². The van der Waals surface area contributed by atoms with Crippen LogP contribution in [0.15, 0.2) is 36.7 Å². The molecule has 2 rings (SSSR count). The van der Waals surface area contributed by atoms with Crippen LogP contribution >= 0.6 is 11.6 Å². The first kappa shape index (κ1) is 14.8. The molecule has 0 saturated heterocycles. The molecule has 1 atom stereocenters. The van der Waals surface area contributed by atoms with Crippen molar-refractivity contribution in [3.8, 4) is 5.75 Å². The molecule has 106 valence electrons. The Morgan fingerprint density at radius 2 is 2.05 bits per heavy atom. The number of hydrogen-bond acceptors (Lipinski definition) is 4. The molecule has 20 heavy (non-hydrogen) atoms. The van der Waals surface area contributed by atoms with E-state index in [1.165, 1.54) is 0 Å². The van der Waals surface area contributed by atoms with E-state index >= 15 is 0 Å². The molecular formula is C15H17ClN2O2. The predicted molar refractivity (Wildman–Crippen MR) is 77.6 cm³/mol. The average molecular weight is 293 g/mol. The van der Waals surface area contributed by atoms with Crippen LogP contribution in [0.4, 0.5) is 0 Å². The van der Waals surface area contributed by atoms with E-state index in [1.54, 1.807) is 12.4 Å². The van der Waals surface area contributed by atoms with E-state index in [0.29, 0.717) is 12.5 Å². The predicted octanol–water partition coefficient (Wildman–Crippen LogP) is 3.47. The van der Waals surface area contributed by atoms with Gasteiger partial charge in [0.25, 0.3) is 0 Å². The zero-order chi connectivity index (χ0) is 14.4. The Hall–Kier alpha value is -1.65. The topological polar surface area (TPSA) is 44.2 Å². The van der Waals surface area contributed by atoms with E-state index in [1.807, 2.05) is 38.1 Å². The smallest absolute Gasteiger partial charge is 0.197 e. The highest BCUT2D eigenvalue weighted by Crippen LogP contribution is 2.22. The molecule has 2 heterocycles. The lowest BCUT2D eigenvalue weighted by atomic mass is 10.2. The van der Waals surface area contributed by atoms with Crippen molar-refractivity contribution < 1.29 is 9.47 Å². The van der Waals surface area contributed by atoms with Gasteiger partial charge in [-0.1, -0.05) is 6.07 Å². The molecule has 0 bridgehead atoms. The minimum absolute atomic E-state index is 0.367. The van der Waals surface area contributed by atoms with Crippen molar-refractivity contribution in [2.45, 2.75) is 32.6 Å². The summed E-state index contributed by atoms with van der Waals surface area (Å²) < 4.78 is 11.4. The second-order valence-electron chi connectivity index (χ2n) is 4.33. The van der Waals surface area contributed by atoms with Crippen LogP contribution in [0, 0.1) is 6.92 Å². The SMILES string of the molecule is Cc1c(OC(C)OCc2ccccn2)ccnc1CCl. The molecule has 2 aromatic rings. The zero-order valence-corrected chi connectivity index (χ0v) is 12.3. The van der Waals surface area contributed by atoms with E-state index in [4.69, 9.17) is 21.1 Å². The minimum atomic E-state index is -0.374. The van der Waals surface area contributed by atoms with Gasteiger partial charge in [0.2, 0.25) is 0 Å². The summed E-state index contributed by atoms with van der Waals surface area (Å²) in [6.07, 6.45) is 3.05. The fourth-order valence-corrected chi connectivity index (χ4v) is 1.99. The van der Waals surface area contributed by atoms with Crippen LogP contribution < -0.4 is 4.74 Å². The molecule has 2 aromatic heterocycles. The third kappa shape index (κ3) is 3.92. The second kappa shape index (κ2) is 7.22. The number of rotatable bonds is 6. The Bertz CT molecular complexity index is 549. The molecule has 0 aliphatic heterocycles. The van der Waals surface area contributed by atoms with Crippen LogP contribution in [-0.4, -0.2) is 16.3 Å². The van der Waals surface area contributed by atoms with Crippen LogP contribution in [0.5, 0.6) is 5.75 Å². The third-order valence-electron chi connectivity index (χ3n) is 2.87. The Kier molecular flexibility index (Phi) is 5.32. The summed E-state index contributed by atoms with van der Waals surface area (Å²) >= 11 is 5.82. The number of halogens is 1. The summed E-state index contributed by atoms with van der Waals surface area (Å²) in [7, 11) is 0. The number of hydrogen-bond donors (Lipinski definition) is 0. The Morgan fingerprint density at radius 1 is 1.20 bits per heavy atom. The van der Waals surface area contributed by atoms with Crippen LogP contribution in [-0.2, 0) is 17.2 Å². The average Bonchev–Trinajstić information content (AvgIpc) is 2.48. The standard InChI is InChI=1S/C15H17ClN2O2/c1-11-14(9-16)18-8-6-15(11)20-12(2)19-10-13-5-3-4-7-17-13/h3-8,12H,9-10H2,1-2H3. The molecule has 0 aromatic carbocycles. The molecule has 1 unspecified atom stereocenters. The first-order chi connectivity index (χ1) is 9.70.